The van der Waals surface area contributed by atoms with E-state index in [1.165, 1.54) is 4.31 Å². The summed E-state index contributed by atoms with van der Waals surface area (Å²) in [5, 5.41) is 3.22. The lowest BCUT2D eigenvalue weighted by atomic mass is 10.1. The molecule has 1 unspecified atom stereocenters. The van der Waals surface area contributed by atoms with Crippen LogP contribution >= 0.6 is 0 Å². The predicted molar refractivity (Wildman–Crippen MR) is 86.7 cm³/mol. The Morgan fingerprint density at radius 3 is 2.48 bits per heavy atom. The Labute approximate surface area is 129 Å². The molecule has 0 bridgehead atoms. The van der Waals surface area contributed by atoms with Crippen LogP contribution in [0.3, 0.4) is 0 Å². The highest BCUT2D eigenvalue weighted by Crippen LogP contribution is 2.21. The Kier molecular flexibility index (Phi) is 6.43. The highest BCUT2D eigenvalue weighted by atomic mass is 32.2. The summed E-state index contributed by atoms with van der Waals surface area (Å²) in [5.74, 6) is 0.470. The lowest BCUT2D eigenvalue weighted by molar-refractivity contribution is 0.338. The van der Waals surface area contributed by atoms with E-state index in [2.05, 4.69) is 19.2 Å². The first-order valence-corrected chi connectivity index (χ1v) is 8.98. The van der Waals surface area contributed by atoms with Crippen molar-refractivity contribution in [1.82, 2.24) is 14.2 Å². The molecule has 5 nitrogen and oxygen atoms in total. The van der Waals surface area contributed by atoms with E-state index in [1.807, 2.05) is 25.5 Å². The van der Waals surface area contributed by atoms with Gasteiger partial charge in [-0.2, -0.15) is 4.31 Å². The standard InChI is InChI=1S/C15H29N3O2S/c1-7-16-10-14-9-15(11-17(14)5)21(19,20)18(6)13(4)8-12(2)3/h9,11-13,16H,7-8,10H2,1-6H3. The van der Waals surface area contributed by atoms with E-state index in [1.54, 1.807) is 19.3 Å². The van der Waals surface area contributed by atoms with E-state index in [-0.39, 0.29) is 6.04 Å². The van der Waals surface area contributed by atoms with Crippen LogP contribution in [0.2, 0.25) is 0 Å². The van der Waals surface area contributed by atoms with Crippen LogP contribution in [0.25, 0.3) is 0 Å². The second kappa shape index (κ2) is 7.42. The Morgan fingerprint density at radius 2 is 1.95 bits per heavy atom. The minimum Gasteiger partial charge on any atom is -0.352 e. The normalized spacial score (nSPS) is 14.1. The molecule has 1 heterocycles. The third-order valence-corrected chi connectivity index (χ3v) is 5.69. The molecular formula is C15H29N3O2S. The molecule has 21 heavy (non-hydrogen) atoms. The second-order valence-electron chi connectivity index (χ2n) is 6.06. The highest BCUT2D eigenvalue weighted by Gasteiger charge is 2.27. The topological polar surface area (TPSA) is 54.3 Å². The van der Waals surface area contributed by atoms with Crippen molar-refractivity contribution in [3.05, 3.63) is 18.0 Å². The zero-order valence-corrected chi connectivity index (χ0v) is 14.9. The molecule has 0 saturated carbocycles. The number of nitrogens with one attached hydrogen (secondary N) is 1. The van der Waals surface area contributed by atoms with E-state index >= 15 is 0 Å². The molecule has 1 aromatic rings. The molecule has 0 aliphatic heterocycles. The zero-order valence-electron chi connectivity index (χ0n) is 14.0. The number of hydrogen-bond donors (Lipinski definition) is 1. The number of aromatic nitrogens is 1. The maximum atomic E-state index is 12.7. The van der Waals surface area contributed by atoms with Gasteiger partial charge >= 0.3 is 0 Å². The van der Waals surface area contributed by atoms with E-state index in [4.69, 9.17) is 0 Å². The number of aryl methyl sites for hydroxylation is 1. The van der Waals surface area contributed by atoms with Gasteiger partial charge in [0.15, 0.2) is 0 Å². The molecule has 6 heteroatoms. The predicted octanol–water partition coefficient (Wildman–Crippen LogP) is 2.19. The molecule has 1 atom stereocenters. The third-order valence-electron chi connectivity index (χ3n) is 3.75. The molecule has 0 fully saturated rings. The van der Waals surface area contributed by atoms with Gasteiger partial charge in [0, 0.05) is 38.6 Å². The Morgan fingerprint density at radius 1 is 1.33 bits per heavy atom. The quantitative estimate of drug-likeness (QED) is 0.800. The molecule has 0 aromatic carbocycles. The van der Waals surface area contributed by atoms with Crippen LogP contribution in [0.4, 0.5) is 0 Å². The van der Waals surface area contributed by atoms with Gasteiger partial charge in [0.05, 0.1) is 0 Å². The summed E-state index contributed by atoms with van der Waals surface area (Å²) in [6.07, 6.45) is 2.55. The van der Waals surface area contributed by atoms with E-state index < -0.39 is 10.0 Å². The van der Waals surface area contributed by atoms with Crippen molar-refractivity contribution in [1.29, 1.82) is 0 Å². The molecule has 1 aromatic heterocycles. The second-order valence-corrected chi connectivity index (χ2v) is 8.06. The molecular weight excluding hydrogens is 286 g/mol. The molecule has 0 aliphatic rings. The summed E-state index contributed by atoms with van der Waals surface area (Å²) < 4.78 is 28.7. The Hall–Kier alpha value is -0.850. The summed E-state index contributed by atoms with van der Waals surface area (Å²) in [4.78, 5) is 0.371. The van der Waals surface area contributed by atoms with Crippen molar-refractivity contribution in [3.8, 4) is 0 Å². The first-order chi connectivity index (χ1) is 9.70. The van der Waals surface area contributed by atoms with Crippen LogP contribution in [0.5, 0.6) is 0 Å². The van der Waals surface area contributed by atoms with Crippen molar-refractivity contribution in [3.63, 3.8) is 0 Å². The maximum absolute atomic E-state index is 12.7. The smallest absolute Gasteiger partial charge is 0.244 e. The van der Waals surface area contributed by atoms with Gasteiger partial charge in [-0.15, -0.1) is 0 Å². The van der Waals surface area contributed by atoms with E-state index in [0.717, 1.165) is 18.7 Å². The molecule has 0 aliphatic carbocycles. The average molecular weight is 315 g/mol. The number of rotatable bonds is 8. The lowest BCUT2D eigenvalue weighted by Gasteiger charge is -2.25. The molecule has 1 N–H and O–H groups in total. The van der Waals surface area contributed by atoms with Crippen LogP contribution in [-0.2, 0) is 23.6 Å². The SMILES string of the molecule is CCNCc1cc(S(=O)(=O)N(C)C(C)CC(C)C)cn1C. The number of nitrogens with zero attached hydrogens (tertiary/aromatic N) is 2. The largest absolute Gasteiger partial charge is 0.352 e. The monoisotopic (exact) mass is 315 g/mol. The minimum atomic E-state index is -3.43. The summed E-state index contributed by atoms with van der Waals surface area (Å²) in [6, 6.07) is 1.75. The summed E-state index contributed by atoms with van der Waals surface area (Å²) in [5.41, 5.74) is 0.973. The van der Waals surface area contributed by atoms with Gasteiger partial charge in [0.1, 0.15) is 4.90 Å². The number of sulfonamides is 1. The zero-order chi connectivity index (χ0) is 16.2. The van der Waals surface area contributed by atoms with Crippen LogP contribution in [0, 0.1) is 5.92 Å². The van der Waals surface area contributed by atoms with Gasteiger partial charge in [-0.3, -0.25) is 0 Å². The lowest BCUT2D eigenvalue weighted by Crippen LogP contribution is -2.35. The Bertz CT molecular complexity index is 549. The Balaban J connectivity index is 2.97. The van der Waals surface area contributed by atoms with Gasteiger partial charge < -0.3 is 9.88 Å². The fraction of sp³-hybridized carbons (Fsp3) is 0.733. The molecule has 122 valence electrons. The van der Waals surface area contributed by atoms with E-state index in [0.29, 0.717) is 17.4 Å². The van der Waals surface area contributed by atoms with Gasteiger partial charge in [-0.1, -0.05) is 20.8 Å². The highest BCUT2D eigenvalue weighted by molar-refractivity contribution is 7.89. The van der Waals surface area contributed by atoms with Crippen LogP contribution < -0.4 is 5.32 Å². The van der Waals surface area contributed by atoms with Gasteiger partial charge in [-0.05, 0) is 31.9 Å². The van der Waals surface area contributed by atoms with Crippen molar-refractivity contribution in [2.24, 2.45) is 13.0 Å². The molecule has 1 rings (SSSR count). The fourth-order valence-electron chi connectivity index (χ4n) is 2.38. The van der Waals surface area contributed by atoms with Crippen molar-refractivity contribution < 1.29 is 8.42 Å². The summed E-state index contributed by atoms with van der Waals surface area (Å²) in [7, 11) is 0.118. The van der Waals surface area contributed by atoms with Crippen molar-refractivity contribution in [2.75, 3.05) is 13.6 Å². The molecule has 0 saturated heterocycles. The van der Waals surface area contributed by atoms with Crippen molar-refractivity contribution >= 4 is 10.0 Å². The van der Waals surface area contributed by atoms with Crippen LogP contribution in [-0.4, -0.2) is 36.9 Å². The van der Waals surface area contributed by atoms with E-state index in [9.17, 15) is 8.42 Å². The molecule has 0 spiro atoms. The first-order valence-electron chi connectivity index (χ1n) is 7.54. The van der Waals surface area contributed by atoms with Gasteiger partial charge in [0.25, 0.3) is 0 Å². The minimum absolute atomic E-state index is 0.00702. The number of hydrogen-bond acceptors (Lipinski definition) is 3. The summed E-state index contributed by atoms with van der Waals surface area (Å²) in [6.45, 7) is 9.73. The third kappa shape index (κ3) is 4.56. The molecule has 0 radical (unpaired) electrons. The van der Waals surface area contributed by atoms with Gasteiger partial charge in [0.2, 0.25) is 10.0 Å². The van der Waals surface area contributed by atoms with Crippen LogP contribution in [0.15, 0.2) is 17.2 Å². The summed E-state index contributed by atoms with van der Waals surface area (Å²) >= 11 is 0. The fourth-order valence-corrected chi connectivity index (χ4v) is 3.85. The van der Waals surface area contributed by atoms with Crippen LogP contribution in [0.1, 0.15) is 39.8 Å². The average Bonchev–Trinajstić information content (AvgIpc) is 2.76. The molecule has 0 amide bonds. The first kappa shape index (κ1) is 18.2. The van der Waals surface area contributed by atoms with Crippen molar-refractivity contribution in [2.45, 2.75) is 51.6 Å². The van der Waals surface area contributed by atoms with Gasteiger partial charge in [-0.25, -0.2) is 8.42 Å². The maximum Gasteiger partial charge on any atom is 0.244 e.